The minimum atomic E-state index is -4.42. The quantitative estimate of drug-likeness (QED) is 0.778. The monoisotopic (exact) mass is 247 g/mol. The maximum Gasteiger partial charge on any atom is 0.416 e. The van der Waals surface area contributed by atoms with Gasteiger partial charge in [-0.2, -0.15) is 13.2 Å². The minimum Gasteiger partial charge on any atom is -0.394 e. The molecule has 0 saturated carbocycles. The number of halogens is 3. The van der Waals surface area contributed by atoms with Gasteiger partial charge in [0.05, 0.1) is 17.1 Å². The van der Waals surface area contributed by atoms with Crippen LogP contribution in [0.5, 0.6) is 0 Å². The Hall–Kier alpha value is -1.63. The van der Waals surface area contributed by atoms with Crippen LogP contribution in [0.15, 0.2) is 33.5 Å². The zero-order chi connectivity index (χ0) is 11.8. The second kappa shape index (κ2) is 3.75. The van der Waals surface area contributed by atoms with Crippen LogP contribution in [0.2, 0.25) is 0 Å². The molecule has 0 amide bonds. The van der Waals surface area contributed by atoms with Crippen LogP contribution in [0.1, 0.15) is 5.56 Å². The van der Waals surface area contributed by atoms with Crippen LogP contribution < -0.4 is 4.94 Å². The zero-order valence-electron chi connectivity index (χ0n) is 7.62. The maximum atomic E-state index is 12.4. The lowest BCUT2D eigenvalue weighted by Crippen LogP contribution is -2.04. The van der Waals surface area contributed by atoms with Gasteiger partial charge in [-0.05, 0) is 18.2 Å². The van der Waals surface area contributed by atoms with E-state index in [0.717, 1.165) is 12.1 Å². The molecule has 0 fully saturated rings. The zero-order valence-corrected chi connectivity index (χ0v) is 8.43. The van der Waals surface area contributed by atoms with Crippen molar-refractivity contribution < 1.29 is 17.6 Å². The summed E-state index contributed by atoms with van der Waals surface area (Å²) in [4.78, 5) is 10.1. The molecule has 3 nitrogen and oxygen atoms in total. The fraction of sp³-hybridized carbons (Fsp3) is 0.111. The topological polar surface area (TPSA) is 43.1 Å². The molecule has 7 heteroatoms. The van der Waals surface area contributed by atoms with Crippen LogP contribution in [-0.4, -0.2) is 4.37 Å². The van der Waals surface area contributed by atoms with Gasteiger partial charge in [0.15, 0.2) is 0 Å². The number of benzene rings is 1. The number of hydrogen-bond donors (Lipinski definition) is 0. The van der Waals surface area contributed by atoms with Crippen LogP contribution in [0.3, 0.4) is 0 Å². The Kier molecular flexibility index (Phi) is 2.55. The van der Waals surface area contributed by atoms with Crippen molar-refractivity contribution in [2.75, 3.05) is 0 Å². The van der Waals surface area contributed by atoms with Crippen LogP contribution in [0, 0.1) is 0 Å². The predicted octanol–water partition coefficient (Wildman–Crippen LogP) is 2.78. The predicted molar refractivity (Wildman–Crippen MR) is 51.1 cm³/mol. The number of hydrogen-bond acceptors (Lipinski definition) is 4. The summed E-state index contributed by atoms with van der Waals surface area (Å²) in [5.41, 5.74) is -0.672. The Balaban J connectivity index is 2.48. The Morgan fingerprint density at radius 3 is 2.62 bits per heavy atom. The normalized spacial score (nSPS) is 11.7. The van der Waals surface area contributed by atoms with Crippen molar-refractivity contribution in [3.63, 3.8) is 0 Å². The van der Waals surface area contributed by atoms with Gasteiger partial charge < -0.3 is 4.42 Å². The molecule has 1 heterocycles. The summed E-state index contributed by atoms with van der Waals surface area (Å²) in [6.45, 7) is 0. The second-order valence-electron chi connectivity index (χ2n) is 2.92. The van der Waals surface area contributed by atoms with Crippen LogP contribution in [0.4, 0.5) is 13.2 Å². The molecule has 0 aliphatic heterocycles. The average Bonchev–Trinajstić information content (AvgIpc) is 2.64. The molecule has 1 aromatic carbocycles. The van der Waals surface area contributed by atoms with E-state index in [0.29, 0.717) is 11.5 Å². The van der Waals surface area contributed by atoms with Crippen molar-refractivity contribution >= 4 is 11.5 Å². The number of aromatic nitrogens is 1. The van der Waals surface area contributed by atoms with E-state index in [9.17, 15) is 18.0 Å². The molecule has 0 saturated heterocycles. The van der Waals surface area contributed by atoms with Crippen molar-refractivity contribution in [3.05, 3.63) is 39.6 Å². The molecule has 0 spiro atoms. The Labute approximate surface area is 91.3 Å². The molecular weight excluding hydrogens is 243 g/mol. The van der Waals surface area contributed by atoms with E-state index in [1.165, 1.54) is 12.1 Å². The molecule has 0 aliphatic rings. The molecule has 0 aliphatic carbocycles. The summed E-state index contributed by atoms with van der Waals surface area (Å²) in [5, 5.41) is 0. The third-order valence-corrected chi connectivity index (χ3v) is 2.31. The van der Waals surface area contributed by atoms with Crippen molar-refractivity contribution in [2.24, 2.45) is 0 Å². The SMILES string of the molecule is O=c1oc(-c2cccc(C(F)(F)F)c2)ns1. The molecule has 84 valence electrons. The first-order chi connectivity index (χ1) is 7.47. The van der Waals surface area contributed by atoms with Crippen LogP contribution in [-0.2, 0) is 6.18 Å². The summed E-state index contributed by atoms with van der Waals surface area (Å²) in [5.74, 6) is -0.0962. The summed E-state index contributed by atoms with van der Waals surface area (Å²) in [6, 6.07) is 4.46. The molecule has 0 N–H and O–H groups in total. The third-order valence-electron chi connectivity index (χ3n) is 1.82. The molecule has 0 atom stereocenters. The Morgan fingerprint density at radius 2 is 2.06 bits per heavy atom. The highest BCUT2D eigenvalue weighted by Crippen LogP contribution is 2.31. The highest BCUT2D eigenvalue weighted by Gasteiger charge is 2.30. The van der Waals surface area contributed by atoms with Gasteiger partial charge in [0.1, 0.15) is 0 Å². The van der Waals surface area contributed by atoms with Gasteiger partial charge in [0.2, 0.25) is 5.89 Å². The molecular formula is C9H4F3NO2S. The summed E-state index contributed by atoms with van der Waals surface area (Å²) < 4.78 is 45.4. The molecule has 0 radical (unpaired) electrons. The van der Waals surface area contributed by atoms with Gasteiger partial charge >= 0.3 is 11.1 Å². The van der Waals surface area contributed by atoms with Gasteiger partial charge in [-0.1, -0.05) is 6.07 Å². The van der Waals surface area contributed by atoms with Crippen molar-refractivity contribution in [1.82, 2.24) is 4.37 Å². The Bertz CT molecular complexity index is 558. The minimum absolute atomic E-state index is 0.0962. The molecule has 1 aromatic heterocycles. The van der Waals surface area contributed by atoms with E-state index < -0.39 is 16.7 Å². The fourth-order valence-corrected chi connectivity index (χ4v) is 1.55. The van der Waals surface area contributed by atoms with Crippen LogP contribution >= 0.6 is 11.5 Å². The standard InChI is InChI=1S/C9H4F3NO2S/c10-9(11,12)6-3-1-2-5(4-6)7-13-16-8(14)15-7/h1-4H. The lowest BCUT2D eigenvalue weighted by atomic mass is 10.1. The lowest BCUT2D eigenvalue weighted by Gasteiger charge is -2.06. The summed E-state index contributed by atoms with van der Waals surface area (Å²) >= 11 is 0.559. The second-order valence-corrected chi connectivity index (χ2v) is 3.62. The summed E-state index contributed by atoms with van der Waals surface area (Å²) in [6.07, 6.45) is -4.42. The molecule has 0 bridgehead atoms. The highest BCUT2D eigenvalue weighted by molar-refractivity contribution is 7.02. The third kappa shape index (κ3) is 2.13. The number of nitrogens with zero attached hydrogens (tertiary/aromatic N) is 1. The van der Waals surface area contributed by atoms with Gasteiger partial charge in [-0.15, -0.1) is 4.37 Å². The van der Waals surface area contributed by atoms with Crippen molar-refractivity contribution in [1.29, 1.82) is 0 Å². The van der Waals surface area contributed by atoms with Gasteiger partial charge in [-0.3, -0.25) is 0 Å². The Morgan fingerprint density at radius 1 is 1.31 bits per heavy atom. The van der Waals surface area contributed by atoms with Crippen molar-refractivity contribution in [2.45, 2.75) is 6.18 Å². The molecule has 16 heavy (non-hydrogen) atoms. The fourth-order valence-electron chi connectivity index (χ4n) is 1.14. The average molecular weight is 247 g/mol. The molecule has 2 aromatic rings. The van der Waals surface area contributed by atoms with E-state index in [1.54, 1.807) is 0 Å². The van der Waals surface area contributed by atoms with E-state index in [2.05, 4.69) is 8.79 Å². The molecule has 0 unspecified atom stereocenters. The number of alkyl halides is 3. The first-order valence-corrected chi connectivity index (χ1v) is 4.88. The van der Waals surface area contributed by atoms with Gasteiger partial charge in [-0.25, -0.2) is 4.79 Å². The van der Waals surface area contributed by atoms with Crippen LogP contribution in [0.25, 0.3) is 11.5 Å². The smallest absolute Gasteiger partial charge is 0.394 e. The van der Waals surface area contributed by atoms with Crippen molar-refractivity contribution in [3.8, 4) is 11.5 Å². The van der Waals surface area contributed by atoms with Gasteiger partial charge in [0.25, 0.3) is 0 Å². The largest absolute Gasteiger partial charge is 0.416 e. The van der Waals surface area contributed by atoms with E-state index in [4.69, 9.17) is 0 Å². The maximum absolute atomic E-state index is 12.4. The molecule has 2 rings (SSSR count). The number of rotatable bonds is 1. The first-order valence-electron chi connectivity index (χ1n) is 4.11. The van der Waals surface area contributed by atoms with E-state index in [1.807, 2.05) is 0 Å². The lowest BCUT2D eigenvalue weighted by molar-refractivity contribution is -0.137. The summed E-state index contributed by atoms with van der Waals surface area (Å²) in [7, 11) is 0. The first kappa shape index (κ1) is 10.9. The van der Waals surface area contributed by atoms with E-state index >= 15 is 0 Å². The van der Waals surface area contributed by atoms with Gasteiger partial charge in [0, 0.05) is 5.56 Å². The van der Waals surface area contributed by atoms with E-state index in [-0.39, 0.29) is 11.5 Å². The highest BCUT2D eigenvalue weighted by atomic mass is 32.1.